The minimum atomic E-state index is -1.33. The number of aromatic hydroxyl groups is 1. The number of aromatic nitrogens is 1. The van der Waals surface area contributed by atoms with E-state index < -0.39 is 57.5 Å². The number of β-lactam (4-membered cyclic amide) rings is 1. The standard InChI is InChI=1S/C31H30N4O7S2/c1-31(2)24(30(41)42)35-28(40)23(29(35)44-31)34-27(39)22(17-7-11-19(36)12-8-17)33-26(38)21-15-10-18(32-25(21)37)9-4-16-5-13-20(43-3)14-6-16/h4-15,22-24,29,36H,1-3H3,(H,32,37)(H,33,38)(H,34,39)(H,41,42)/b9-4+/t22-,23+,24-,29+/m0/s1. The van der Waals surface area contributed by atoms with Crippen LogP contribution in [0.25, 0.3) is 12.2 Å². The van der Waals surface area contributed by atoms with E-state index in [2.05, 4.69) is 15.6 Å². The molecule has 228 valence electrons. The Balaban J connectivity index is 1.33. The summed E-state index contributed by atoms with van der Waals surface area (Å²) in [4.78, 5) is 69.5. The maximum absolute atomic E-state index is 13.5. The monoisotopic (exact) mass is 634 g/mol. The number of hydrogen-bond acceptors (Lipinski definition) is 8. The van der Waals surface area contributed by atoms with Crippen LogP contribution in [0.2, 0.25) is 0 Å². The fourth-order valence-electron chi connectivity index (χ4n) is 5.22. The van der Waals surface area contributed by atoms with Crippen molar-refractivity contribution in [3.05, 3.63) is 93.4 Å². The van der Waals surface area contributed by atoms with Gasteiger partial charge in [-0.25, -0.2) is 4.79 Å². The van der Waals surface area contributed by atoms with E-state index in [4.69, 9.17) is 0 Å². The molecule has 2 saturated heterocycles. The molecule has 0 spiro atoms. The number of carboxylic acids is 1. The average molecular weight is 635 g/mol. The number of carbonyl (C=O) groups is 4. The summed E-state index contributed by atoms with van der Waals surface area (Å²) >= 11 is 2.90. The van der Waals surface area contributed by atoms with Gasteiger partial charge in [0.2, 0.25) is 11.8 Å². The number of phenolic OH excluding ortho intramolecular Hbond substituents is 1. The number of fused-ring (bicyclic) bond motifs is 1. The molecule has 3 aromatic rings. The van der Waals surface area contributed by atoms with E-state index in [0.29, 0.717) is 11.3 Å². The van der Waals surface area contributed by atoms with Gasteiger partial charge in [-0.1, -0.05) is 30.3 Å². The number of aromatic amines is 1. The van der Waals surface area contributed by atoms with Gasteiger partial charge in [0, 0.05) is 15.3 Å². The maximum atomic E-state index is 13.5. The highest BCUT2D eigenvalue weighted by atomic mass is 32.2. The minimum Gasteiger partial charge on any atom is -0.508 e. The van der Waals surface area contributed by atoms with E-state index in [9.17, 15) is 34.2 Å². The second kappa shape index (κ2) is 12.2. The lowest BCUT2D eigenvalue weighted by atomic mass is 9.95. The zero-order chi connectivity index (χ0) is 31.8. The summed E-state index contributed by atoms with van der Waals surface area (Å²) in [5, 5.41) is 24.0. The molecule has 5 N–H and O–H groups in total. The Labute approximate surface area is 261 Å². The molecule has 2 aliphatic rings. The molecule has 0 aliphatic carbocycles. The molecule has 4 atom stereocenters. The van der Waals surface area contributed by atoms with E-state index in [-0.39, 0.29) is 11.3 Å². The molecule has 13 heteroatoms. The Morgan fingerprint density at radius 2 is 1.70 bits per heavy atom. The number of hydrogen-bond donors (Lipinski definition) is 5. The van der Waals surface area contributed by atoms with Crippen molar-refractivity contribution >= 4 is 59.4 Å². The van der Waals surface area contributed by atoms with Crippen LogP contribution < -0.4 is 16.2 Å². The van der Waals surface area contributed by atoms with Crippen molar-refractivity contribution in [1.82, 2.24) is 20.5 Å². The lowest BCUT2D eigenvalue weighted by Gasteiger charge is -2.44. The fraction of sp³-hybridized carbons (Fsp3) is 0.258. The average Bonchev–Trinajstić information content (AvgIpc) is 3.25. The van der Waals surface area contributed by atoms with Crippen LogP contribution in [0.4, 0.5) is 0 Å². The summed E-state index contributed by atoms with van der Waals surface area (Å²) in [5.74, 6) is -3.29. The number of nitrogens with one attached hydrogen (secondary N) is 3. The number of amides is 3. The lowest BCUT2D eigenvalue weighted by Crippen LogP contribution is -2.71. The molecule has 2 aliphatic heterocycles. The molecule has 0 saturated carbocycles. The van der Waals surface area contributed by atoms with Gasteiger partial charge < -0.3 is 30.7 Å². The summed E-state index contributed by atoms with van der Waals surface area (Å²) in [5.41, 5.74) is 0.800. The van der Waals surface area contributed by atoms with Crippen molar-refractivity contribution in [1.29, 1.82) is 0 Å². The summed E-state index contributed by atoms with van der Waals surface area (Å²) in [6.45, 7) is 3.45. The van der Waals surface area contributed by atoms with Gasteiger partial charge in [-0.2, -0.15) is 0 Å². The van der Waals surface area contributed by atoms with Gasteiger partial charge in [-0.15, -0.1) is 23.5 Å². The number of nitrogens with zero attached hydrogens (tertiary/aromatic N) is 1. The second-order valence-corrected chi connectivity index (χ2v) is 13.5. The summed E-state index contributed by atoms with van der Waals surface area (Å²) < 4.78 is -0.780. The zero-order valence-electron chi connectivity index (χ0n) is 23.9. The van der Waals surface area contributed by atoms with Crippen molar-refractivity contribution < 1.29 is 29.4 Å². The highest BCUT2D eigenvalue weighted by Gasteiger charge is 2.64. The van der Waals surface area contributed by atoms with Gasteiger partial charge in [-0.3, -0.25) is 19.2 Å². The number of H-pyrrole nitrogens is 1. The number of benzene rings is 2. The van der Waals surface area contributed by atoms with Crippen LogP contribution in [0, 0.1) is 0 Å². The predicted molar refractivity (Wildman–Crippen MR) is 168 cm³/mol. The molecule has 2 aromatic carbocycles. The Morgan fingerprint density at radius 3 is 2.32 bits per heavy atom. The Hall–Kier alpha value is -4.49. The van der Waals surface area contributed by atoms with Crippen LogP contribution >= 0.6 is 23.5 Å². The predicted octanol–water partition coefficient (Wildman–Crippen LogP) is 3.08. The lowest BCUT2D eigenvalue weighted by molar-refractivity contribution is -0.161. The number of thioether (sulfide) groups is 2. The van der Waals surface area contributed by atoms with Gasteiger partial charge >= 0.3 is 5.97 Å². The first kappa shape index (κ1) is 31.0. The minimum absolute atomic E-state index is 0.0615. The molecule has 44 heavy (non-hydrogen) atoms. The SMILES string of the molecule is CSc1ccc(/C=C/c2ccc(C(=O)N[C@H](C(=O)N[C@@H]3C(=O)N4[C@@H]3SC(C)(C)[C@@H]4C(=O)O)c3ccc(O)cc3)c(=O)[nH]2)cc1. The second-order valence-electron chi connectivity index (χ2n) is 10.8. The van der Waals surface area contributed by atoms with Crippen molar-refractivity contribution in [2.75, 3.05) is 6.26 Å². The van der Waals surface area contributed by atoms with Gasteiger partial charge in [0.15, 0.2) is 0 Å². The smallest absolute Gasteiger partial charge is 0.327 e. The van der Waals surface area contributed by atoms with Crippen molar-refractivity contribution in [3.8, 4) is 5.75 Å². The molecular weight excluding hydrogens is 604 g/mol. The molecule has 3 amide bonds. The van der Waals surface area contributed by atoms with Crippen LogP contribution in [0.15, 0.2) is 70.4 Å². The van der Waals surface area contributed by atoms with Crippen LogP contribution in [0.3, 0.4) is 0 Å². The fourth-order valence-corrected chi connectivity index (χ4v) is 7.26. The largest absolute Gasteiger partial charge is 0.508 e. The van der Waals surface area contributed by atoms with Crippen molar-refractivity contribution in [2.45, 2.75) is 47.0 Å². The number of carbonyl (C=O) groups excluding carboxylic acids is 3. The quantitative estimate of drug-likeness (QED) is 0.175. The van der Waals surface area contributed by atoms with Gasteiger partial charge in [-0.05, 0) is 73.7 Å². The van der Waals surface area contributed by atoms with E-state index in [1.54, 1.807) is 37.8 Å². The van der Waals surface area contributed by atoms with E-state index in [1.807, 2.05) is 36.6 Å². The first-order chi connectivity index (χ1) is 20.9. The Morgan fingerprint density at radius 1 is 1.02 bits per heavy atom. The Kier molecular flexibility index (Phi) is 8.62. The third kappa shape index (κ3) is 6.10. The van der Waals surface area contributed by atoms with E-state index in [0.717, 1.165) is 10.5 Å². The molecule has 5 rings (SSSR count). The molecule has 0 radical (unpaired) electrons. The molecule has 2 fully saturated rings. The number of phenols is 1. The maximum Gasteiger partial charge on any atom is 0.327 e. The van der Waals surface area contributed by atoms with Crippen LogP contribution in [-0.4, -0.2) is 72.2 Å². The highest BCUT2D eigenvalue weighted by molar-refractivity contribution is 8.01. The molecule has 3 heterocycles. The first-order valence-electron chi connectivity index (χ1n) is 13.6. The van der Waals surface area contributed by atoms with Gasteiger partial charge in [0.1, 0.15) is 34.8 Å². The van der Waals surface area contributed by atoms with Crippen LogP contribution in [0.5, 0.6) is 5.75 Å². The molecule has 0 unspecified atom stereocenters. The highest BCUT2D eigenvalue weighted by Crippen LogP contribution is 2.50. The summed E-state index contributed by atoms with van der Waals surface area (Å²) in [7, 11) is 0. The number of aliphatic carboxylic acids is 1. The third-order valence-corrected chi connectivity index (χ3v) is 9.80. The molecule has 1 aromatic heterocycles. The van der Waals surface area contributed by atoms with E-state index in [1.165, 1.54) is 47.0 Å². The summed E-state index contributed by atoms with van der Waals surface area (Å²) in [6, 6.07) is 13.0. The van der Waals surface area contributed by atoms with Crippen molar-refractivity contribution in [2.24, 2.45) is 0 Å². The molecular formula is C31H30N4O7S2. The molecule has 0 bridgehead atoms. The first-order valence-corrected chi connectivity index (χ1v) is 15.7. The molecule has 11 nitrogen and oxygen atoms in total. The number of carboxylic acid groups (broad SMARTS) is 1. The topological polar surface area (TPSA) is 169 Å². The summed E-state index contributed by atoms with van der Waals surface area (Å²) in [6.07, 6.45) is 5.52. The Bertz CT molecular complexity index is 1700. The zero-order valence-corrected chi connectivity index (χ0v) is 25.6. The van der Waals surface area contributed by atoms with Crippen molar-refractivity contribution in [3.63, 3.8) is 0 Å². The van der Waals surface area contributed by atoms with E-state index >= 15 is 0 Å². The van der Waals surface area contributed by atoms with Crippen LogP contribution in [0.1, 0.15) is 47.1 Å². The van der Waals surface area contributed by atoms with Gasteiger partial charge in [0.25, 0.3) is 11.5 Å². The normalized spacial score (nSPS) is 20.9. The number of rotatable bonds is 9. The van der Waals surface area contributed by atoms with Gasteiger partial charge in [0.05, 0.1) is 0 Å². The number of pyridine rings is 1. The van der Waals surface area contributed by atoms with Crippen LogP contribution in [-0.2, 0) is 14.4 Å². The third-order valence-electron chi connectivity index (χ3n) is 7.48.